The van der Waals surface area contributed by atoms with Gasteiger partial charge in [-0.2, -0.15) is 0 Å². The molecule has 0 fully saturated rings. The van der Waals surface area contributed by atoms with Crippen LogP contribution in [0.2, 0.25) is 0 Å². The predicted octanol–water partition coefficient (Wildman–Crippen LogP) is 1.41. The summed E-state index contributed by atoms with van der Waals surface area (Å²) in [5.74, 6) is -1.61. The normalized spacial score (nSPS) is 11.0. The first-order chi connectivity index (χ1) is 12.1. The average molecular weight is 399 g/mol. The first-order valence-electron chi connectivity index (χ1n) is 6.91. The number of benzene rings is 1. The molecule has 0 aliphatic heterocycles. The van der Waals surface area contributed by atoms with Crippen LogP contribution in [0.25, 0.3) is 0 Å². The Kier molecular flexibility index (Phi) is 5.69. The number of carbonyl (C=O) groups is 2. The Morgan fingerprint density at radius 3 is 2.62 bits per heavy atom. The number of nitro groups is 1. The van der Waals surface area contributed by atoms with Crippen LogP contribution in [0, 0.1) is 17.0 Å². The van der Waals surface area contributed by atoms with E-state index in [0.717, 1.165) is 17.4 Å². The number of nitrogens with two attached hydrogens (primary N) is 1. The summed E-state index contributed by atoms with van der Waals surface area (Å²) in [6.45, 7) is 0.993. The number of thiophene rings is 1. The van der Waals surface area contributed by atoms with E-state index in [4.69, 9.17) is 9.88 Å². The van der Waals surface area contributed by atoms with Gasteiger partial charge < -0.3 is 10.1 Å². The number of hydrogen-bond acceptors (Lipinski definition) is 8. The van der Waals surface area contributed by atoms with Crippen LogP contribution in [0.15, 0.2) is 33.9 Å². The number of carbonyl (C=O) groups excluding carboxylic acids is 2. The first-order valence-corrected chi connectivity index (χ1v) is 9.34. The summed E-state index contributed by atoms with van der Waals surface area (Å²) in [7, 11) is -3.93. The van der Waals surface area contributed by atoms with Crippen LogP contribution < -0.4 is 10.5 Å². The number of anilines is 1. The minimum atomic E-state index is -3.93. The fourth-order valence-corrected chi connectivity index (χ4v) is 3.41. The number of nitrogens with one attached hydrogen (secondary N) is 1. The number of sulfonamides is 1. The maximum absolute atomic E-state index is 11.9. The summed E-state index contributed by atoms with van der Waals surface area (Å²) in [6.07, 6.45) is 0. The smallest absolute Gasteiger partial charge is 0.339 e. The van der Waals surface area contributed by atoms with Crippen LogP contribution in [0.3, 0.4) is 0 Å². The molecule has 0 aliphatic carbocycles. The second kappa shape index (κ2) is 7.59. The molecule has 12 heteroatoms. The van der Waals surface area contributed by atoms with Gasteiger partial charge in [0.25, 0.3) is 11.6 Å². The Bertz CT molecular complexity index is 982. The number of nitrogens with zero attached hydrogens (tertiary/aromatic N) is 1. The van der Waals surface area contributed by atoms with Crippen molar-refractivity contribution in [3.63, 3.8) is 0 Å². The third-order valence-electron chi connectivity index (χ3n) is 3.13. The number of aryl methyl sites for hydroxylation is 1. The monoisotopic (exact) mass is 399 g/mol. The molecular weight excluding hydrogens is 386 g/mol. The van der Waals surface area contributed by atoms with Crippen molar-refractivity contribution >= 4 is 44.6 Å². The highest BCUT2D eigenvalue weighted by Crippen LogP contribution is 2.22. The molecule has 0 saturated heterocycles. The van der Waals surface area contributed by atoms with Crippen LogP contribution in [0.4, 0.5) is 11.4 Å². The average Bonchev–Trinajstić information content (AvgIpc) is 3.05. The summed E-state index contributed by atoms with van der Waals surface area (Å²) in [4.78, 5) is 33.9. The molecule has 0 saturated carbocycles. The van der Waals surface area contributed by atoms with Gasteiger partial charge >= 0.3 is 5.97 Å². The Labute approximate surface area is 151 Å². The van der Waals surface area contributed by atoms with Crippen LogP contribution in [0.1, 0.15) is 15.9 Å². The zero-order valence-electron chi connectivity index (χ0n) is 13.3. The van der Waals surface area contributed by atoms with Gasteiger partial charge in [0, 0.05) is 17.5 Å². The minimum absolute atomic E-state index is 0.0571. The van der Waals surface area contributed by atoms with Crippen molar-refractivity contribution in [1.29, 1.82) is 0 Å². The van der Waals surface area contributed by atoms with Crippen molar-refractivity contribution in [2.24, 2.45) is 5.14 Å². The van der Waals surface area contributed by atoms with Gasteiger partial charge in [-0.15, -0.1) is 11.3 Å². The molecule has 0 aliphatic rings. The van der Waals surface area contributed by atoms with E-state index in [1.54, 1.807) is 6.92 Å². The van der Waals surface area contributed by atoms with E-state index >= 15 is 0 Å². The van der Waals surface area contributed by atoms with Crippen molar-refractivity contribution in [3.05, 3.63) is 50.9 Å². The number of amides is 1. The molecule has 0 radical (unpaired) electrons. The van der Waals surface area contributed by atoms with E-state index in [9.17, 15) is 28.1 Å². The lowest BCUT2D eigenvalue weighted by Gasteiger charge is -2.08. The van der Waals surface area contributed by atoms with Crippen molar-refractivity contribution in [2.75, 3.05) is 11.9 Å². The molecule has 2 rings (SSSR count). The quantitative estimate of drug-likeness (QED) is 0.422. The van der Waals surface area contributed by atoms with Crippen molar-refractivity contribution in [2.45, 2.75) is 11.1 Å². The maximum Gasteiger partial charge on any atom is 0.339 e. The molecule has 0 spiro atoms. The Morgan fingerprint density at radius 1 is 1.35 bits per heavy atom. The largest absolute Gasteiger partial charge is 0.452 e. The third kappa shape index (κ3) is 4.84. The Balaban J connectivity index is 1.99. The zero-order valence-corrected chi connectivity index (χ0v) is 14.9. The molecule has 2 aromatic rings. The topological polar surface area (TPSA) is 159 Å². The van der Waals surface area contributed by atoms with Crippen LogP contribution >= 0.6 is 11.3 Å². The van der Waals surface area contributed by atoms with Gasteiger partial charge in [-0.25, -0.2) is 18.4 Å². The molecule has 0 bridgehead atoms. The number of nitro benzene ring substituents is 1. The van der Waals surface area contributed by atoms with Crippen LogP contribution in [-0.2, 0) is 19.6 Å². The Morgan fingerprint density at radius 2 is 2.04 bits per heavy atom. The lowest BCUT2D eigenvalue weighted by atomic mass is 10.2. The number of primary sulfonamides is 1. The van der Waals surface area contributed by atoms with Crippen molar-refractivity contribution in [1.82, 2.24) is 0 Å². The van der Waals surface area contributed by atoms with Gasteiger partial charge in [0.2, 0.25) is 10.0 Å². The van der Waals surface area contributed by atoms with Crippen LogP contribution in [-0.4, -0.2) is 31.8 Å². The molecular formula is C14H13N3O7S2. The van der Waals surface area contributed by atoms with E-state index in [-0.39, 0.29) is 21.1 Å². The lowest BCUT2D eigenvalue weighted by Crippen LogP contribution is -2.21. The van der Waals surface area contributed by atoms with Gasteiger partial charge in [-0.3, -0.25) is 14.9 Å². The number of hydrogen-bond donors (Lipinski definition) is 2. The predicted molar refractivity (Wildman–Crippen MR) is 92.4 cm³/mol. The standard InChI is InChI=1S/C14H13N3O7S2/c1-8-2-3-10(17(20)21)5-11(8)16-12(18)6-24-14(19)9-4-13(25-7-9)26(15,22)23/h2-5,7H,6H2,1H3,(H,16,18)(H2,15,22,23). The second-order valence-corrected chi connectivity index (χ2v) is 7.78. The van der Waals surface area contributed by atoms with E-state index in [1.807, 2.05) is 0 Å². The highest BCUT2D eigenvalue weighted by Gasteiger charge is 2.18. The molecule has 10 nitrogen and oxygen atoms in total. The van der Waals surface area contributed by atoms with E-state index < -0.39 is 33.4 Å². The van der Waals surface area contributed by atoms with Crippen LogP contribution in [0.5, 0.6) is 0 Å². The fourth-order valence-electron chi connectivity index (χ4n) is 1.83. The molecule has 3 N–H and O–H groups in total. The van der Waals surface area contributed by atoms with Gasteiger partial charge in [-0.05, 0) is 18.6 Å². The fraction of sp³-hybridized carbons (Fsp3) is 0.143. The lowest BCUT2D eigenvalue weighted by molar-refractivity contribution is -0.384. The summed E-state index contributed by atoms with van der Waals surface area (Å²) < 4.78 is 26.9. The molecule has 1 aromatic carbocycles. The summed E-state index contributed by atoms with van der Waals surface area (Å²) in [5.41, 5.74) is 0.549. The zero-order chi connectivity index (χ0) is 19.5. The number of rotatable bonds is 6. The molecule has 0 atom stereocenters. The third-order valence-corrected chi connectivity index (χ3v) is 5.52. The first kappa shape index (κ1) is 19.5. The van der Waals surface area contributed by atoms with Crippen molar-refractivity contribution in [3.8, 4) is 0 Å². The second-order valence-electron chi connectivity index (χ2n) is 5.08. The molecule has 1 heterocycles. The summed E-state index contributed by atoms with van der Waals surface area (Å²) in [6, 6.07) is 5.00. The SMILES string of the molecule is Cc1ccc([N+](=O)[O-])cc1NC(=O)COC(=O)c1csc(S(N)(=O)=O)c1. The minimum Gasteiger partial charge on any atom is -0.452 e. The summed E-state index contributed by atoms with van der Waals surface area (Å²) >= 11 is 0.750. The highest BCUT2D eigenvalue weighted by molar-refractivity contribution is 7.91. The number of ether oxygens (including phenoxy) is 1. The van der Waals surface area contributed by atoms with Gasteiger partial charge in [0.05, 0.1) is 16.2 Å². The number of esters is 1. The van der Waals surface area contributed by atoms with Crippen molar-refractivity contribution < 1.29 is 27.7 Å². The highest BCUT2D eigenvalue weighted by atomic mass is 32.2. The molecule has 138 valence electrons. The maximum atomic E-state index is 11.9. The van der Waals surface area contributed by atoms with Gasteiger partial charge in [-0.1, -0.05) is 6.07 Å². The van der Waals surface area contributed by atoms with Gasteiger partial charge in [0.1, 0.15) is 4.21 Å². The van der Waals surface area contributed by atoms with E-state index in [1.165, 1.54) is 23.6 Å². The van der Waals surface area contributed by atoms with Gasteiger partial charge in [0.15, 0.2) is 6.61 Å². The Hall–Kier alpha value is -2.83. The molecule has 0 unspecified atom stereocenters. The van der Waals surface area contributed by atoms with E-state index in [2.05, 4.69) is 5.32 Å². The van der Waals surface area contributed by atoms with E-state index in [0.29, 0.717) is 5.56 Å². The molecule has 1 amide bonds. The summed E-state index contributed by atoms with van der Waals surface area (Å²) in [5, 5.41) is 19.4. The molecule has 26 heavy (non-hydrogen) atoms. The number of non-ortho nitro benzene ring substituents is 1. The molecule has 1 aromatic heterocycles.